The number of hydrogen-bond donors (Lipinski definition) is 1. The van der Waals surface area contributed by atoms with Gasteiger partial charge in [0.2, 0.25) is 5.91 Å². The van der Waals surface area contributed by atoms with Gasteiger partial charge in [-0.1, -0.05) is 43.2 Å². The largest absolute Gasteiger partial charge is 0.492 e. The molecule has 1 amide bonds. The fraction of sp³-hybridized carbons (Fsp3) is 0.381. The first kappa shape index (κ1) is 19.4. The molecule has 2 aromatic carbocycles. The Morgan fingerprint density at radius 3 is 2.44 bits per heavy atom. The molecule has 4 heteroatoms. The van der Waals surface area contributed by atoms with Crippen molar-refractivity contribution in [3.63, 3.8) is 0 Å². The first-order chi connectivity index (χ1) is 12.1. The zero-order valence-electron chi connectivity index (χ0n) is 15.2. The molecule has 2 aromatic rings. The fourth-order valence-corrected chi connectivity index (χ4v) is 3.29. The van der Waals surface area contributed by atoms with Gasteiger partial charge in [-0.05, 0) is 50.1 Å². The second kappa shape index (κ2) is 10.1. The molecule has 0 spiro atoms. The lowest BCUT2D eigenvalue weighted by molar-refractivity contribution is -0.120. The van der Waals surface area contributed by atoms with Crippen LogP contribution in [-0.2, 0) is 11.2 Å². The van der Waals surface area contributed by atoms with E-state index in [1.165, 1.54) is 11.1 Å². The maximum atomic E-state index is 12.2. The molecule has 0 unspecified atom stereocenters. The van der Waals surface area contributed by atoms with Crippen molar-refractivity contribution in [3.8, 4) is 5.75 Å². The van der Waals surface area contributed by atoms with Crippen LogP contribution in [0.2, 0.25) is 0 Å². The molecule has 1 N–H and O–H groups in total. The fourth-order valence-electron chi connectivity index (χ4n) is 2.40. The molecular weight excluding hydrogens is 330 g/mol. The Hall–Kier alpha value is -1.94. The minimum Gasteiger partial charge on any atom is -0.492 e. The number of benzene rings is 2. The van der Waals surface area contributed by atoms with Crippen LogP contribution in [-0.4, -0.2) is 24.3 Å². The van der Waals surface area contributed by atoms with Crippen molar-refractivity contribution in [2.24, 2.45) is 0 Å². The van der Waals surface area contributed by atoms with Crippen molar-refractivity contribution in [2.75, 3.05) is 13.2 Å². The summed E-state index contributed by atoms with van der Waals surface area (Å²) in [6.07, 6.45) is 2.23. The Bertz CT molecular complexity index is 653. The van der Waals surface area contributed by atoms with E-state index in [-0.39, 0.29) is 11.2 Å². The van der Waals surface area contributed by atoms with E-state index in [1.807, 2.05) is 19.1 Å². The summed E-state index contributed by atoms with van der Waals surface area (Å²) in [5.41, 5.74) is 2.55. The zero-order valence-corrected chi connectivity index (χ0v) is 16.1. The molecule has 134 valence electrons. The molecule has 0 bridgehead atoms. The van der Waals surface area contributed by atoms with E-state index in [0.717, 1.165) is 23.5 Å². The first-order valence-electron chi connectivity index (χ1n) is 8.81. The molecule has 25 heavy (non-hydrogen) atoms. The van der Waals surface area contributed by atoms with E-state index in [0.29, 0.717) is 13.2 Å². The van der Waals surface area contributed by atoms with E-state index < -0.39 is 0 Å². The number of hydrogen-bond acceptors (Lipinski definition) is 3. The molecule has 0 saturated carbocycles. The average Bonchev–Trinajstić information content (AvgIpc) is 2.62. The Morgan fingerprint density at radius 1 is 1.12 bits per heavy atom. The molecule has 2 rings (SSSR count). The van der Waals surface area contributed by atoms with Crippen LogP contribution in [0.15, 0.2) is 53.4 Å². The second-order valence-corrected chi connectivity index (χ2v) is 7.52. The third-order valence-electron chi connectivity index (χ3n) is 3.84. The summed E-state index contributed by atoms with van der Waals surface area (Å²) in [6, 6.07) is 16.4. The smallest absolute Gasteiger partial charge is 0.233 e. The molecule has 0 aromatic heterocycles. The Balaban J connectivity index is 1.68. The van der Waals surface area contributed by atoms with Gasteiger partial charge >= 0.3 is 0 Å². The minimum absolute atomic E-state index is 0.0347. The van der Waals surface area contributed by atoms with Crippen LogP contribution >= 0.6 is 11.8 Å². The van der Waals surface area contributed by atoms with Gasteiger partial charge in [-0.2, -0.15) is 0 Å². The highest BCUT2D eigenvalue weighted by molar-refractivity contribution is 8.00. The Labute approximate surface area is 155 Å². The molecule has 0 fully saturated rings. The van der Waals surface area contributed by atoms with E-state index in [4.69, 9.17) is 4.74 Å². The normalized spacial score (nSPS) is 11.8. The maximum absolute atomic E-state index is 12.2. The lowest BCUT2D eigenvalue weighted by Gasteiger charge is -2.13. The van der Waals surface area contributed by atoms with Gasteiger partial charge in [-0.3, -0.25) is 4.79 Å². The van der Waals surface area contributed by atoms with Crippen molar-refractivity contribution >= 4 is 17.7 Å². The summed E-state index contributed by atoms with van der Waals surface area (Å²) >= 11 is 1.57. The maximum Gasteiger partial charge on any atom is 0.233 e. The monoisotopic (exact) mass is 357 g/mol. The van der Waals surface area contributed by atoms with Crippen molar-refractivity contribution < 1.29 is 9.53 Å². The third-order valence-corrected chi connectivity index (χ3v) is 4.95. The number of nitrogens with one attached hydrogen (secondary N) is 1. The van der Waals surface area contributed by atoms with Gasteiger partial charge < -0.3 is 10.1 Å². The average molecular weight is 358 g/mol. The van der Waals surface area contributed by atoms with E-state index in [1.54, 1.807) is 11.8 Å². The van der Waals surface area contributed by atoms with Crippen molar-refractivity contribution in [1.29, 1.82) is 0 Å². The SMILES string of the molecule is CCCc1ccc(OCCNC(=O)[C@H](C)Sc2ccc(C)cc2)cc1. The van der Waals surface area contributed by atoms with Crippen LogP contribution in [0.1, 0.15) is 31.4 Å². The standard InChI is InChI=1S/C21H27NO2S/c1-4-5-18-8-10-19(11-9-18)24-15-14-22-21(23)17(3)25-20-12-6-16(2)7-13-20/h6-13,17H,4-5,14-15H2,1-3H3,(H,22,23)/t17-/m0/s1. The summed E-state index contributed by atoms with van der Waals surface area (Å²) in [7, 11) is 0. The van der Waals surface area contributed by atoms with Crippen molar-refractivity contribution in [2.45, 2.75) is 43.8 Å². The summed E-state index contributed by atoms with van der Waals surface area (Å²) in [5, 5.41) is 2.80. The van der Waals surface area contributed by atoms with Gasteiger partial charge in [0.15, 0.2) is 0 Å². The summed E-state index contributed by atoms with van der Waals surface area (Å²) in [4.78, 5) is 13.3. The summed E-state index contributed by atoms with van der Waals surface area (Å²) in [5.74, 6) is 0.878. The number of ether oxygens (including phenoxy) is 1. The van der Waals surface area contributed by atoms with Gasteiger partial charge in [0.05, 0.1) is 11.8 Å². The third kappa shape index (κ3) is 6.83. The van der Waals surface area contributed by atoms with Crippen LogP contribution in [0.25, 0.3) is 0 Å². The predicted molar refractivity (Wildman–Crippen MR) is 105 cm³/mol. The lowest BCUT2D eigenvalue weighted by Crippen LogP contribution is -2.33. The summed E-state index contributed by atoms with van der Waals surface area (Å²) < 4.78 is 5.68. The van der Waals surface area contributed by atoms with Crippen molar-refractivity contribution in [1.82, 2.24) is 5.32 Å². The molecular formula is C21H27NO2S. The highest BCUT2D eigenvalue weighted by Gasteiger charge is 2.13. The molecule has 0 aliphatic rings. The molecule has 1 atom stereocenters. The number of amides is 1. The molecule has 3 nitrogen and oxygen atoms in total. The van der Waals surface area contributed by atoms with Crippen LogP contribution in [0.3, 0.4) is 0 Å². The Morgan fingerprint density at radius 2 is 1.80 bits per heavy atom. The van der Waals surface area contributed by atoms with Crippen LogP contribution < -0.4 is 10.1 Å². The zero-order chi connectivity index (χ0) is 18.1. The van der Waals surface area contributed by atoms with Gasteiger partial charge in [-0.15, -0.1) is 11.8 Å². The highest BCUT2D eigenvalue weighted by Crippen LogP contribution is 2.23. The van der Waals surface area contributed by atoms with E-state index >= 15 is 0 Å². The second-order valence-electron chi connectivity index (χ2n) is 6.11. The van der Waals surface area contributed by atoms with Gasteiger partial charge in [-0.25, -0.2) is 0 Å². The first-order valence-corrected chi connectivity index (χ1v) is 9.69. The quantitative estimate of drug-likeness (QED) is 0.525. The van der Waals surface area contributed by atoms with E-state index in [9.17, 15) is 4.79 Å². The predicted octanol–water partition coefficient (Wildman–Crippen LogP) is 4.62. The molecule has 0 aliphatic carbocycles. The number of carbonyl (C=O) groups excluding carboxylic acids is 1. The topological polar surface area (TPSA) is 38.3 Å². The van der Waals surface area contributed by atoms with Crippen LogP contribution in [0, 0.1) is 6.92 Å². The Kier molecular flexibility index (Phi) is 7.86. The number of thioether (sulfide) groups is 1. The molecule has 0 heterocycles. The molecule has 0 radical (unpaired) electrons. The number of rotatable bonds is 9. The molecule has 0 aliphatic heterocycles. The van der Waals surface area contributed by atoms with Crippen LogP contribution in [0.5, 0.6) is 5.75 Å². The minimum atomic E-state index is -0.129. The van der Waals surface area contributed by atoms with E-state index in [2.05, 4.69) is 55.6 Å². The van der Waals surface area contributed by atoms with Crippen molar-refractivity contribution in [3.05, 3.63) is 59.7 Å². The van der Waals surface area contributed by atoms with Gasteiger partial charge in [0.25, 0.3) is 0 Å². The van der Waals surface area contributed by atoms with Gasteiger partial charge in [0.1, 0.15) is 12.4 Å². The number of aryl methyl sites for hydroxylation is 2. The van der Waals surface area contributed by atoms with Gasteiger partial charge in [0, 0.05) is 4.90 Å². The summed E-state index contributed by atoms with van der Waals surface area (Å²) in [6.45, 7) is 7.13. The number of carbonyl (C=O) groups is 1. The lowest BCUT2D eigenvalue weighted by atomic mass is 10.1. The van der Waals surface area contributed by atoms with Crippen LogP contribution in [0.4, 0.5) is 0 Å². The highest BCUT2D eigenvalue weighted by atomic mass is 32.2. The molecule has 0 saturated heterocycles.